The molecule has 0 spiro atoms. The van der Waals surface area contributed by atoms with Crippen molar-refractivity contribution in [2.24, 2.45) is 0 Å². The van der Waals surface area contributed by atoms with Gasteiger partial charge in [0, 0.05) is 26.5 Å². The molecule has 1 amide bonds. The molecule has 1 N–H and O–H groups in total. The Morgan fingerprint density at radius 2 is 2.14 bits per heavy atom. The summed E-state index contributed by atoms with van der Waals surface area (Å²) < 4.78 is 0. The van der Waals surface area contributed by atoms with Crippen LogP contribution in [0.2, 0.25) is 0 Å². The van der Waals surface area contributed by atoms with Crippen LogP contribution in [0.5, 0.6) is 0 Å². The van der Waals surface area contributed by atoms with E-state index in [2.05, 4.69) is 4.98 Å². The van der Waals surface area contributed by atoms with Gasteiger partial charge in [-0.1, -0.05) is 0 Å². The number of carboxylic acid groups (broad SMARTS) is 1. The van der Waals surface area contributed by atoms with E-state index in [0.29, 0.717) is 0 Å². The maximum atomic E-state index is 10.2. The molecule has 0 saturated carbocycles. The van der Waals surface area contributed by atoms with Crippen LogP contribution in [0.4, 0.5) is 0 Å². The van der Waals surface area contributed by atoms with E-state index in [0.717, 1.165) is 6.41 Å². The highest BCUT2D eigenvalue weighted by Crippen LogP contribution is 1.92. The normalized spacial score (nSPS) is 8.14. The second-order valence-electron chi connectivity index (χ2n) is 2.62. The van der Waals surface area contributed by atoms with Crippen molar-refractivity contribution >= 4 is 12.4 Å². The first kappa shape index (κ1) is 12.1. The minimum atomic E-state index is -0.942. The van der Waals surface area contributed by atoms with Gasteiger partial charge in [0.25, 0.3) is 0 Å². The number of carboxylic acids is 1. The third-order valence-corrected chi connectivity index (χ3v) is 1.12. The fourth-order valence-corrected chi connectivity index (χ4v) is 0.489. The Labute approximate surface area is 82.0 Å². The van der Waals surface area contributed by atoms with Crippen molar-refractivity contribution in [2.45, 2.75) is 0 Å². The number of hydrogen-bond donors (Lipinski definition) is 1. The average Bonchev–Trinajstić information content (AvgIpc) is 2.20. The molecule has 0 bridgehead atoms. The molecule has 0 aromatic carbocycles. The quantitative estimate of drug-likeness (QED) is 0.698. The zero-order valence-electron chi connectivity index (χ0n) is 8.04. The predicted molar refractivity (Wildman–Crippen MR) is 50.9 cm³/mol. The topological polar surface area (TPSA) is 70.5 Å². The summed E-state index contributed by atoms with van der Waals surface area (Å²) in [7, 11) is 3.38. The summed E-state index contributed by atoms with van der Waals surface area (Å²) in [6.45, 7) is 0. The minimum absolute atomic E-state index is 0.220. The molecule has 0 aliphatic carbocycles. The molecule has 0 unspecified atom stereocenters. The minimum Gasteiger partial charge on any atom is -0.478 e. The fourth-order valence-electron chi connectivity index (χ4n) is 0.489. The molecule has 5 heteroatoms. The molecule has 1 aromatic rings. The Balaban J connectivity index is 0.000000292. The van der Waals surface area contributed by atoms with Crippen molar-refractivity contribution in [1.82, 2.24) is 9.88 Å². The lowest BCUT2D eigenvalue weighted by Crippen LogP contribution is -2.06. The van der Waals surface area contributed by atoms with Crippen LogP contribution in [0, 0.1) is 0 Å². The number of carbonyl (C=O) groups is 2. The van der Waals surface area contributed by atoms with Gasteiger partial charge in [-0.15, -0.1) is 0 Å². The molecule has 0 radical (unpaired) electrons. The Hall–Kier alpha value is -1.91. The van der Waals surface area contributed by atoms with Crippen LogP contribution < -0.4 is 0 Å². The van der Waals surface area contributed by atoms with E-state index in [-0.39, 0.29) is 5.56 Å². The van der Waals surface area contributed by atoms with E-state index in [1.165, 1.54) is 23.4 Å². The van der Waals surface area contributed by atoms with E-state index in [4.69, 9.17) is 5.11 Å². The number of carbonyl (C=O) groups excluding carboxylic acids is 1. The Bertz CT molecular complexity index is 285. The smallest absolute Gasteiger partial charge is 0.337 e. The molecular weight excluding hydrogens is 184 g/mol. The van der Waals surface area contributed by atoms with E-state index in [1.807, 2.05) is 0 Å². The van der Waals surface area contributed by atoms with E-state index >= 15 is 0 Å². The van der Waals surface area contributed by atoms with Gasteiger partial charge in [-0.3, -0.25) is 9.78 Å². The zero-order chi connectivity index (χ0) is 11.0. The van der Waals surface area contributed by atoms with Crippen LogP contribution in [0.25, 0.3) is 0 Å². The lowest BCUT2D eigenvalue weighted by Gasteiger charge is -1.93. The third kappa shape index (κ3) is 5.70. The van der Waals surface area contributed by atoms with Gasteiger partial charge in [-0.25, -0.2) is 4.79 Å². The van der Waals surface area contributed by atoms with Gasteiger partial charge >= 0.3 is 5.97 Å². The van der Waals surface area contributed by atoms with Crippen molar-refractivity contribution in [3.05, 3.63) is 30.1 Å². The molecular formula is C9H12N2O3. The Morgan fingerprint density at radius 3 is 2.36 bits per heavy atom. The van der Waals surface area contributed by atoms with Crippen LogP contribution in [0.1, 0.15) is 10.4 Å². The molecule has 5 nitrogen and oxygen atoms in total. The van der Waals surface area contributed by atoms with Crippen molar-refractivity contribution in [1.29, 1.82) is 0 Å². The molecule has 76 valence electrons. The van der Waals surface area contributed by atoms with Gasteiger partial charge < -0.3 is 10.0 Å². The number of pyridine rings is 1. The fraction of sp³-hybridized carbons (Fsp3) is 0.222. The van der Waals surface area contributed by atoms with Crippen molar-refractivity contribution in [3.63, 3.8) is 0 Å². The third-order valence-electron chi connectivity index (χ3n) is 1.12. The highest BCUT2D eigenvalue weighted by atomic mass is 16.4. The van der Waals surface area contributed by atoms with Crippen LogP contribution in [-0.4, -0.2) is 41.5 Å². The SMILES string of the molecule is CN(C)C=O.O=C(O)c1cccnc1. The summed E-state index contributed by atoms with van der Waals surface area (Å²) in [6.07, 6.45) is 3.59. The van der Waals surface area contributed by atoms with Gasteiger partial charge in [0.15, 0.2) is 0 Å². The first-order valence-corrected chi connectivity index (χ1v) is 3.83. The van der Waals surface area contributed by atoms with Crippen molar-refractivity contribution < 1.29 is 14.7 Å². The van der Waals surface area contributed by atoms with E-state index in [1.54, 1.807) is 20.2 Å². The largest absolute Gasteiger partial charge is 0.478 e. The number of amides is 1. The van der Waals surface area contributed by atoms with Crippen LogP contribution in [-0.2, 0) is 4.79 Å². The average molecular weight is 196 g/mol. The molecule has 1 rings (SSSR count). The molecule has 1 aromatic heterocycles. The number of nitrogens with zero attached hydrogens (tertiary/aromatic N) is 2. The summed E-state index contributed by atoms with van der Waals surface area (Å²) >= 11 is 0. The van der Waals surface area contributed by atoms with Crippen LogP contribution in [0.3, 0.4) is 0 Å². The zero-order valence-corrected chi connectivity index (χ0v) is 8.04. The summed E-state index contributed by atoms with van der Waals surface area (Å²) in [5.74, 6) is -0.942. The molecule has 0 atom stereocenters. The summed E-state index contributed by atoms with van der Waals surface area (Å²) in [5, 5.41) is 8.34. The van der Waals surface area contributed by atoms with Crippen molar-refractivity contribution in [2.75, 3.05) is 14.1 Å². The van der Waals surface area contributed by atoms with E-state index in [9.17, 15) is 9.59 Å². The number of aromatic carboxylic acids is 1. The maximum Gasteiger partial charge on any atom is 0.337 e. The van der Waals surface area contributed by atoms with Gasteiger partial charge in [0.1, 0.15) is 0 Å². The maximum absolute atomic E-state index is 10.2. The molecule has 1 heterocycles. The summed E-state index contributed by atoms with van der Waals surface area (Å²) in [4.78, 5) is 24.7. The second kappa shape index (κ2) is 6.59. The second-order valence-corrected chi connectivity index (χ2v) is 2.62. The van der Waals surface area contributed by atoms with Crippen LogP contribution >= 0.6 is 0 Å². The monoisotopic (exact) mass is 196 g/mol. The molecule has 0 aliphatic heterocycles. The number of aromatic nitrogens is 1. The van der Waals surface area contributed by atoms with Gasteiger partial charge in [0.05, 0.1) is 5.56 Å². The van der Waals surface area contributed by atoms with Gasteiger partial charge in [0.2, 0.25) is 6.41 Å². The Kier molecular flexibility index (Phi) is 5.69. The lowest BCUT2D eigenvalue weighted by atomic mass is 10.3. The first-order chi connectivity index (χ1) is 6.57. The Morgan fingerprint density at radius 1 is 1.57 bits per heavy atom. The van der Waals surface area contributed by atoms with E-state index < -0.39 is 5.97 Å². The van der Waals surface area contributed by atoms with Crippen molar-refractivity contribution in [3.8, 4) is 0 Å². The standard InChI is InChI=1S/C6H5NO2.C3H7NO/c8-6(9)5-2-1-3-7-4-5;1-4(2)3-5/h1-4H,(H,8,9);3H,1-2H3. The summed E-state index contributed by atoms with van der Waals surface area (Å²) in [6, 6.07) is 3.08. The predicted octanol–water partition coefficient (Wildman–Crippen LogP) is 0.484. The summed E-state index contributed by atoms with van der Waals surface area (Å²) in [5.41, 5.74) is 0.220. The first-order valence-electron chi connectivity index (χ1n) is 3.83. The highest BCUT2D eigenvalue weighted by molar-refractivity contribution is 5.86. The number of hydrogen-bond acceptors (Lipinski definition) is 3. The van der Waals surface area contributed by atoms with Gasteiger partial charge in [-0.05, 0) is 12.1 Å². The molecule has 0 aliphatic rings. The molecule has 0 fully saturated rings. The van der Waals surface area contributed by atoms with Crippen LogP contribution in [0.15, 0.2) is 24.5 Å². The molecule has 14 heavy (non-hydrogen) atoms. The van der Waals surface area contributed by atoms with Gasteiger partial charge in [-0.2, -0.15) is 0 Å². The number of rotatable bonds is 2. The molecule has 0 saturated heterocycles. The lowest BCUT2D eigenvalue weighted by molar-refractivity contribution is -0.115. The highest BCUT2D eigenvalue weighted by Gasteiger charge is 1.97.